The van der Waals surface area contributed by atoms with Crippen molar-refractivity contribution in [1.82, 2.24) is 0 Å². The van der Waals surface area contributed by atoms with Gasteiger partial charge in [0.1, 0.15) is 4.88 Å². The Morgan fingerprint density at radius 3 is 2.54 bits per heavy atom. The van der Waals surface area contributed by atoms with E-state index in [9.17, 15) is 14.7 Å². The van der Waals surface area contributed by atoms with Gasteiger partial charge in [-0.2, -0.15) is 0 Å². The summed E-state index contributed by atoms with van der Waals surface area (Å²) in [5.74, 6) is 5.87. The Kier molecular flexibility index (Phi) is 4.69. The van der Waals surface area contributed by atoms with Gasteiger partial charge in [0.15, 0.2) is 0 Å². The molecule has 5 heteroatoms. The Bertz CT molecular complexity index is 713. The first-order chi connectivity index (χ1) is 11.4. The minimum atomic E-state index is -1.02. The molecule has 4 nitrogen and oxygen atoms in total. The minimum absolute atomic E-state index is 0.0114. The van der Waals surface area contributed by atoms with Gasteiger partial charge in [-0.05, 0) is 57.4 Å². The number of thiophene rings is 1. The number of anilines is 1. The Morgan fingerprint density at radius 1 is 1.29 bits per heavy atom. The topological polar surface area (TPSA) is 66.4 Å². The van der Waals surface area contributed by atoms with Gasteiger partial charge in [-0.1, -0.05) is 18.8 Å². The van der Waals surface area contributed by atoms with Gasteiger partial charge in [-0.3, -0.25) is 4.79 Å². The van der Waals surface area contributed by atoms with Crippen molar-refractivity contribution in [2.24, 2.45) is 17.3 Å². The summed E-state index contributed by atoms with van der Waals surface area (Å²) in [5.41, 5.74) is 0.483. The predicted molar refractivity (Wildman–Crippen MR) is 95.2 cm³/mol. The minimum Gasteiger partial charge on any atom is -0.477 e. The zero-order valence-electron chi connectivity index (χ0n) is 14.1. The van der Waals surface area contributed by atoms with Crippen LogP contribution in [0.3, 0.4) is 0 Å². The molecule has 0 unspecified atom stereocenters. The first-order valence-electron chi connectivity index (χ1n) is 8.57. The normalized spacial score (nSPS) is 24.6. The summed E-state index contributed by atoms with van der Waals surface area (Å²) in [4.78, 5) is 24.8. The summed E-state index contributed by atoms with van der Waals surface area (Å²) < 4.78 is 0. The SMILES string of the molecule is CC1CCC(C(=O)Nc2cc(C#CC3(C)CC3)sc2C(=O)O)CC1. The zero-order chi connectivity index (χ0) is 17.3. The second-order valence-electron chi connectivity index (χ2n) is 7.42. The predicted octanol–water partition coefficient (Wildman–Crippen LogP) is 4.36. The first kappa shape index (κ1) is 17.0. The molecule has 0 aromatic carbocycles. The van der Waals surface area contributed by atoms with Crippen LogP contribution in [0.1, 0.15) is 66.9 Å². The van der Waals surface area contributed by atoms with E-state index in [0.717, 1.165) is 49.9 Å². The molecule has 1 amide bonds. The lowest BCUT2D eigenvalue weighted by Gasteiger charge is -2.25. The number of carboxylic acids is 1. The maximum atomic E-state index is 12.4. The van der Waals surface area contributed by atoms with E-state index in [-0.39, 0.29) is 22.1 Å². The van der Waals surface area contributed by atoms with Crippen molar-refractivity contribution in [3.8, 4) is 11.8 Å². The van der Waals surface area contributed by atoms with Crippen LogP contribution in [0.2, 0.25) is 0 Å². The lowest BCUT2D eigenvalue weighted by molar-refractivity contribution is -0.121. The molecule has 2 aliphatic rings. The van der Waals surface area contributed by atoms with Crippen molar-refractivity contribution in [2.75, 3.05) is 5.32 Å². The van der Waals surface area contributed by atoms with Gasteiger partial charge in [-0.25, -0.2) is 4.79 Å². The highest BCUT2D eigenvalue weighted by Crippen LogP contribution is 2.44. The fourth-order valence-electron chi connectivity index (χ4n) is 2.99. The molecular formula is C19H23NO3S. The number of nitrogens with one attached hydrogen (secondary N) is 1. The van der Waals surface area contributed by atoms with E-state index in [1.807, 2.05) is 0 Å². The monoisotopic (exact) mass is 345 g/mol. The third-order valence-electron chi connectivity index (χ3n) is 5.06. The number of carboxylic acid groups (broad SMARTS) is 1. The number of carbonyl (C=O) groups is 2. The number of carbonyl (C=O) groups excluding carboxylic acids is 1. The van der Waals surface area contributed by atoms with Crippen molar-refractivity contribution in [1.29, 1.82) is 0 Å². The average molecular weight is 345 g/mol. The molecule has 0 spiro atoms. The summed E-state index contributed by atoms with van der Waals surface area (Å²) in [5, 5.41) is 12.2. The van der Waals surface area contributed by atoms with Crippen molar-refractivity contribution >= 4 is 28.9 Å². The van der Waals surface area contributed by atoms with Crippen LogP contribution in [-0.4, -0.2) is 17.0 Å². The quantitative estimate of drug-likeness (QED) is 0.800. The fourth-order valence-corrected chi connectivity index (χ4v) is 3.79. The Hall–Kier alpha value is -1.80. The van der Waals surface area contributed by atoms with Crippen molar-refractivity contribution in [3.63, 3.8) is 0 Å². The molecule has 2 N–H and O–H groups in total. The molecule has 0 atom stereocenters. The van der Waals surface area contributed by atoms with E-state index in [2.05, 4.69) is 31.0 Å². The molecule has 1 aromatic heterocycles. The third-order valence-corrected chi connectivity index (χ3v) is 6.10. The van der Waals surface area contributed by atoms with Crippen molar-refractivity contribution < 1.29 is 14.7 Å². The number of hydrogen-bond donors (Lipinski definition) is 2. The lowest BCUT2D eigenvalue weighted by atomic mass is 9.82. The summed E-state index contributed by atoms with van der Waals surface area (Å²) in [6.07, 6.45) is 6.07. The standard InChI is InChI=1S/C19H23NO3S/c1-12-3-5-13(6-4-12)17(21)20-15-11-14(24-16(15)18(22)23)7-8-19(2)9-10-19/h11-13H,3-6,9-10H2,1-2H3,(H,20,21)(H,22,23). The molecule has 2 aliphatic carbocycles. The molecule has 0 aliphatic heterocycles. The summed E-state index contributed by atoms with van der Waals surface area (Å²) in [6.45, 7) is 4.32. The molecule has 3 rings (SSSR count). The van der Waals surface area contributed by atoms with E-state index in [1.54, 1.807) is 6.07 Å². The fraction of sp³-hybridized carbons (Fsp3) is 0.579. The maximum absolute atomic E-state index is 12.4. The van der Waals surface area contributed by atoms with Gasteiger partial charge >= 0.3 is 5.97 Å². The van der Waals surface area contributed by atoms with Crippen LogP contribution in [-0.2, 0) is 4.79 Å². The molecule has 1 aromatic rings. The largest absolute Gasteiger partial charge is 0.477 e. The van der Waals surface area contributed by atoms with E-state index >= 15 is 0 Å². The number of hydrogen-bond acceptors (Lipinski definition) is 3. The smallest absolute Gasteiger partial charge is 0.348 e. The van der Waals surface area contributed by atoms with E-state index in [0.29, 0.717) is 16.5 Å². The molecule has 0 radical (unpaired) electrons. The van der Waals surface area contributed by atoms with Gasteiger partial charge in [0.05, 0.1) is 10.6 Å². The number of aromatic carboxylic acids is 1. The van der Waals surface area contributed by atoms with Crippen LogP contribution in [0.4, 0.5) is 5.69 Å². The molecule has 2 fully saturated rings. The molecule has 0 saturated heterocycles. The van der Waals surface area contributed by atoms with Gasteiger partial charge in [0.25, 0.3) is 0 Å². The van der Waals surface area contributed by atoms with Gasteiger partial charge in [-0.15, -0.1) is 11.3 Å². The van der Waals surface area contributed by atoms with Gasteiger partial charge in [0.2, 0.25) is 5.91 Å². The van der Waals surface area contributed by atoms with Crippen LogP contribution in [0.25, 0.3) is 0 Å². The van der Waals surface area contributed by atoms with Crippen molar-refractivity contribution in [2.45, 2.75) is 52.4 Å². The lowest BCUT2D eigenvalue weighted by Crippen LogP contribution is -2.27. The summed E-state index contributed by atoms with van der Waals surface area (Å²) in [6, 6.07) is 1.70. The second-order valence-corrected chi connectivity index (χ2v) is 8.47. The Labute approximate surface area is 146 Å². The van der Waals surface area contributed by atoms with Crippen LogP contribution in [0.15, 0.2) is 6.07 Å². The molecular weight excluding hydrogens is 322 g/mol. The zero-order valence-corrected chi connectivity index (χ0v) is 15.0. The molecule has 24 heavy (non-hydrogen) atoms. The molecule has 128 valence electrons. The first-order valence-corrected chi connectivity index (χ1v) is 9.39. The van der Waals surface area contributed by atoms with E-state index in [1.165, 1.54) is 0 Å². The molecule has 0 bridgehead atoms. The number of amides is 1. The summed E-state index contributed by atoms with van der Waals surface area (Å²) >= 11 is 1.14. The van der Waals surface area contributed by atoms with E-state index in [4.69, 9.17) is 0 Å². The highest BCUT2D eigenvalue weighted by molar-refractivity contribution is 7.15. The van der Waals surface area contributed by atoms with Crippen LogP contribution >= 0.6 is 11.3 Å². The summed E-state index contributed by atoms with van der Waals surface area (Å²) in [7, 11) is 0. The highest BCUT2D eigenvalue weighted by Gasteiger charge is 2.35. The van der Waals surface area contributed by atoms with Crippen LogP contribution in [0.5, 0.6) is 0 Å². The van der Waals surface area contributed by atoms with Gasteiger partial charge < -0.3 is 10.4 Å². The van der Waals surface area contributed by atoms with Crippen LogP contribution in [0, 0.1) is 29.1 Å². The van der Waals surface area contributed by atoms with Gasteiger partial charge in [0, 0.05) is 11.3 Å². The maximum Gasteiger partial charge on any atom is 0.348 e. The third kappa shape index (κ3) is 3.99. The van der Waals surface area contributed by atoms with E-state index < -0.39 is 5.97 Å². The second kappa shape index (κ2) is 6.60. The molecule has 1 heterocycles. The highest BCUT2D eigenvalue weighted by atomic mass is 32.1. The van der Waals surface area contributed by atoms with Crippen molar-refractivity contribution in [3.05, 3.63) is 15.8 Å². The molecule has 2 saturated carbocycles. The van der Waals surface area contributed by atoms with Crippen LogP contribution < -0.4 is 5.32 Å². The number of rotatable bonds is 3. The Balaban J connectivity index is 1.73. The Morgan fingerprint density at radius 2 is 1.96 bits per heavy atom. The average Bonchev–Trinajstić information content (AvgIpc) is 3.13.